The van der Waals surface area contributed by atoms with Gasteiger partial charge >= 0.3 is 5.97 Å². The molecule has 0 spiro atoms. The Labute approximate surface area is 187 Å². The first kappa shape index (κ1) is 21.7. The van der Waals surface area contributed by atoms with E-state index in [1.165, 1.54) is 37.3 Å². The number of allylic oxidation sites excluding steroid dienone is 1. The number of methoxy groups -OCH3 is 1. The van der Waals surface area contributed by atoms with Crippen molar-refractivity contribution in [3.8, 4) is 0 Å². The van der Waals surface area contributed by atoms with Gasteiger partial charge in [0, 0.05) is 12.2 Å². The van der Waals surface area contributed by atoms with Gasteiger partial charge in [0.05, 0.1) is 30.8 Å². The van der Waals surface area contributed by atoms with E-state index in [2.05, 4.69) is 48.4 Å². The molecule has 164 valence electrons. The zero-order valence-corrected chi connectivity index (χ0v) is 19.3. The third-order valence-corrected chi connectivity index (χ3v) is 6.84. The van der Waals surface area contributed by atoms with Crippen LogP contribution >= 0.6 is 11.8 Å². The monoisotopic (exact) mass is 439 g/mol. The first-order chi connectivity index (χ1) is 14.9. The molecule has 1 saturated carbocycles. The maximum absolute atomic E-state index is 12.8. The van der Waals surface area contributed by atoms with Gasteiger partial charge in [0.25, 0.3) is 0 Å². The number of thioether (sulfide) groups is 1. The van der Waals surface area contributed by atoms with Crippen LogP contribution in [-0.4, -0.2) is 35.6 Å². The number of carbonyl (C=O) groups is 2. The number of benzene rings is 1. The lowest BCUT2D eigenvalue weighted by Crippen LogP contribution is -2.38. The number of nitrogens with one attached hydrogen (secondary N) is 1. The van der Waals surface area contributed by atoms with Crippen LogP contribution in [0.4, 0.5) is 0 Å². The van der Waals surface area contributed by atoms with Crippen molar-refractivity contribution >= 4 is 28.8 Å². The largest absolute Gasteiger partial charge is 0.466 e. The maximum Gasteiger partial charge on any atom is 0.338 e. The Morgan fingerprint density at radius 3 is 2.58 bits per heavy atom. The van der Waals surface area contributed by atoms with Crippen molar-refractivity contribution in [1.82, 2.24) is 10.2 Å². The minimum Gasteiger partial charge on any atom is -0.466 e. The second-order valence-corrected chi connectivity index (χ2v) is 9.47. The number of amides is 1. The second kappa shape index (κ2) is 8.91. The number of hydrogen-bond acceptors (Lipinski definition) is 6. The summed E-state index contributed by atoms with van der Waals surface area (Å²) >= 11 is 1.49. The molecule has 0 saturated heterocycles. The van der Waals surface area contributed by atoms with Gasteiger partial charge < -0.3 is 15.0 Å². The molecule has 7 heteroatoms. The van der Waals surface area contributed by atoms with E-state index in [0.29, 0.717) is 23.1 Å². The molecule has 1 amide bonds. The molecule has 0 aromatic heterocycles. The van der Waals surface area contributed by atoms with Crippen molar-refractivity contribution in [2.24, 2.45) is 10.9 Å². The Hall–Kier alpha value is -2.54. The van der Waals surface area contributed by atoms with Crippen molar-refractivity contribution in [1.29, 1.82) is 0 Å². The Balaban J connectivity index is 1.66. The number of nitrogens with zero attached hydrogens (tertiary/aromatic N) is 2. The summed E-state index contributed by atoms with van der Waals surface area (Å²) in [5.41, 5.74) is 4.22. The topological polar surface area (TPSA) is 71.0 Å². The number of aliphatic imine (C=N–C) groups is 1. The molecular formula is C24H29N3O3S. The average Bonchev–Trinajstić information content (AvgIpc) is 3.51. The minimum absolute atomic E-state index is 0.000186. The third-order valence-electron chi connectivity index (χ3n) is 5.95. The van der Waals surface area contributed by atoms with E-state index >= 15 is 0 Å². The molecular weight excluding hydrogens is 410 g/mol. The molecule has 2 heterocycles. The molecule has 6 nitrogen and oxygen atoms in total. The Bertz CT molecular complexity index is 974. The fraction of sp³-hybridized carbons (Fsp3) is 0.458. The molecule has 0 radical (unpaired) electrons. The van der Waals surface area contributed by atoms with E-state index in [1.54, 1.807) is 0 Å². The van der Waals surface area contributed by atoms with Crippen LogP contribution in [0.25, 0.3) is 0 Å². The summed E-state index contributed by atoms with van der Waals surface area (Å²) in [4.78, 5) is 32.0. The fourth-order valence-corrected chi connectivity index (χ4v) is 4.89. The zero-order chi connectivity index (χ0) is 22.1. The number of hydrogen-bond donors (Lipinski definition) is 1. The number of amidine groups is 1. The first-order valence-electron chi connectivity index (χ1n) is 10.8. The van der Waals surface area contributed by atoms with Gasteiger partial charge in [-0.2, -0.15) is 0 Å². The highest BCUT2D eigenvalue weighted by Gasteiger charge is 2.41. The predicted molar refractivity (Wildman–Crippen MR) is 123 cm³/mol. The molecule has 1 aliphatic carbocycles. The summed E-state index contributed by atoms with van der Waals surface area (Å²) < 4.78 is 5.11. The van der Waals surface area contributed by atoms with Crippen LogP contribution in [0.15, 0.2) is 51.6 Å². The molecule has 2 aliphatic heterocycles. The van der Waals surface area contributed by atoms with Crippen LogP contribution < -0.4 is 5.32 Å². The van der Waals surface area contributed by atoms with Crippen LogP contribution in [0.5, 0.6) is 0 Å². The maximum atomic E-state index is 12.8. The lowest BCUT2D eigenvalue weighted by atomic mass is 9.92. The summed E-state index contributed by atoms with van der Waals surface area (Å²) in [5, 5.41) is 5.79. The number of fused-ring (bicyclic) bond motifs is 1. The van der Waals surface area contributed by atoms with Crippen molar-refractivity contribution in [3.05, 3.63) is 57.8 Å². The van der Waals surface area contributed by atoms with Gasteiger partial charge in [-0.05, 0) is 48.1 Å². The van der Waals surface area contributed by atoms with Gasteiger partial charge in [-0.25, -0.2) is 9.79 Å². The predicted octanol–water partition coefficient (Wildman–Crippen LogP) is 4.47. The van der Waals surface area contributed by atoms with E-state index in [0.717, 1.165) is 23.0 Å². The summed E-state index contributed by atoms with van der Waals surface area (Å²) in [6.45, 7) is 6.89. The Kier molecular flexibility index (Phi) is 6.23. The van der Waals surface area contributed by atoms with Gasteiger partial charge in [0.1, 0.15) is 0 Å². The summed E-state index contributed by atoms with van der Waals surface area (Å²) in [6.07, 6.45) is 2.65. The molecule has 1 aromatic rings. The quantitative estimate of drug-likeness (QED) is 0.635. The van der Waals surface area contributed by atoms with E-state index < -0.39 is 5.97 Å². The molecule has 1 N–H and O–H groups in total. The molecule has 1 atom stereocenters. The molecule has 0 unspecified atom stereocenters. The SMILES string of the molecule is COC(=O)C1=C(C)N=C2SC=C(CC(=O)NCC3CC3)N2[C@H]1c1ccc(C(C)C)cc1. The number of rotatable bonds is 7. The molecule has 1 fully saturated rings. The summed E-state index contributed by atoms with van der Waals surface area (Å²) in [7, 11) is 1.39. The van der Waals surface area contributed by atoms with Gasteiger partial charge in [-0.1, -0.05) is 49.9 Å². The van der Waals surface area contributed by atoms with Crippen molar-refractivity contribution < 1.29 is 14.3 Å². The molecule has 31 heavy (non-hydrogen) atoms. The van der Waals surface area contributed by atoms with Gasteiger partial charge in [-0.15, -0.1) is 0 Å². The van der Waals surface area contributed by atoms with Crippen LogP contribution in [0.1, 0.15) is 63.1 Å². The standard InChI is InChI=1S/C24H29N3O3S/c1-14(2)17-7-9-18(10-8-17)22-21(23(29)30-4)15(3)26-24-27(22)19(13-31-24)11-20(28)25-12-16-5-6-16/h7-10,13-14,16,22H,5-6,11-12H2,1-4H3,(H,25,28)/t22-/m0/s1. The number of carbonyl (C=O) groups excluding carboxylic acids is 2. The van der Waals surface area contributed by atoms with E-state index in [1.807, 2.05) is 17.2 Å². The van der Waals surface area contributed by atoms with E-state index in [4.69, 9.17) is 4.74 Å². The summed E-state index contributed by atoms with van der Waals surface area (Å²) in [6, 6.07) is 7.95. The van der Waals surface area contributed by atoms with Gasteiger partial charge in [-0.3, -0.25) is 4.79 Å². The van der Waals surface area contributed by atoms with E-state index in [-0.39, 0.29) is 18.4 Å². The Morgan fingerprint density at radius 1 is 1.26 bits per heavy atom. The third kappa shape index (κ3) is 4.56. The van der Waals surface area contributed by atoms with E-state index in [9.17, 15) is 9.59 Å². The molecule has 0 bridgehead atoms. The zero-order valence-electron chi connectivity index (χ0n) is 18.5. The van der Waals surface area contributed by atoms with Gasteiger partial charge in [0.15, 0.2) is 5.17 Å². The molecule has 1 aromatic carbocycles. The van der Waals surface area contributed by atoms with Crippen LogP contribution in [-0.2, 0) is 14.3 Å². The number of ether oxygens (including phenoxy) is 1. The average molecular weight is 440 g/mol. The Morgan fingerprint density at radius 2 is 1.97 bits per heavy atom. The lowest BCUT2D eigenvalue weighted by Gasteiger charge is -2.36. The van der Waals surface area contributed by atoms with Crippen molar-refractivity contribution in [2.45, 2.75) is 52.0 Å². The molecule has 3 aliphatic rings. The first-order valence-corrected chi connectivity index (χ1v) is 11.7. The fourth-order valence-electron chi connectivity index (χ4n) is 3.93. The summed E-state index contributed by atoms with van der Waals surface area (Å²) in [5.74, 6) is 0.655. The minimum atomic E-state index is -0.396. The molecule has 4 rings (SSSR count). The highest BCUT2D eigenvalue weighted by molar-refractivity contribution is 8.16. The van der Waals surface area contributed by atoms with Crippen molar-refractivity contribution in [2.75, 3.05) is 13.7 Å². The van der Waals surface area contributed by atoms with Crippen LogP contribution in [0, 0.1) is 5.92 Å². The van der Waals surface area contributed by atoms with Crippen LogP contribution in [0.2, 0.25) is 0 Å². The highest BCUT2D eigenvalue weighted by Crippen LogP contribution is 2.45. The van der Waals surface area contributed by atoms with Crippen molar-refractivity contribution in [3.63, 3.8) is 0 Å². The highest BCUT2D eigenvalue weighted by atomic mass is 32.2. The second-order valence-electron chi connectivity index (χ2n) is 8.63. The lowest BCUT2D eigenvalue weighted by molar-refractivity contribution is -0.136. The van der Waals surface area contributed by atoms with Crippen LogP contribution in [0.3, 0.4) is 0 Å². The smallest absolute Gasteiger partial charge is 0.338 e. The van der Waals surface area contributed by atoms with Gasteiger partial charge in [0.2, 0.25) is 5.91 Å². The normalized spacial score (nSPS) is 20.4. The number of esters is 1.